The van der Waals surface area contributed by atoms with E-state index in [0.29, 0.717) is 0 Å². The topological polar surface area (TPSA) is 94.9 Å². The summed E-state index contributed by atoms with van der Waals surface area (Å²) in [7, 11) is -3.96. The number of rotatable bonds is 3. The molecular weight excluding hydrogens is 265 g/mol. The summed E-state index contributed by atoms with van der Waals surface area (Å²) in [5.74, 6) is -2.18. The summed E-state index contributed by atoms with van der Waals surface area (Å²) >= 11 is 0. The van der Waals surface area contributed by atoms with Crippen LogP contribution < -0.4 is 0 Å². The molecule has 1 heterocycles. The van der Waals surface area contributed by atoms with Gasteiger partial charge in [-0.15, -0.1) is 0 Å². The molecule has 0 saturated carbocycles. The van der Waals surface area contributed by atoms with Gasteiger partial charge >= 0.3 is 5.97 Å². The maximum Gasteiger partial charge on any atom is 0.338 e. The van der Waals surface area contributed by atoms with Crippen molar-refractivity contribution in [1.29, 1.82) is 0 Å². The minimum atomic E-state index is -3.96. The van der Waals surface area contributed by atoms with Crippen molar-refractivity contribution in [3.8, 4) is 0 Å². The summed E-state index contributed by atoms with van der Waals surface area (Å²) < 4.78 is 37.6. The molecule has 0 unspecified atom stereocenters. The van der Waals surface area contributed by atoms with Crippen molar-refractivity contribution in [3.63, 3.8) is 0 Å². The lowest BCUT2D eigenvalue weighted by Gasteiger charge is -2.41. The van der Waals surface area contributed by atoms with Gasteiger partial charge in [0, 0.05) is 0 Å². The number of carboxylic acids is 1. The third kappa shape index (κ3) is 1.98. The number of halogens is 1. The van der Waals surface area contributed by atoms with Crippen LogP contribution in [-0.2, 0) is 14.8 Å². The van der Waals surface area contributed by atoms with Gasteiger partial charge < -0.3 is 10.2 Å². The zero-order chi connectivity index (χ0) is 13.6. The Balaban J connectivity index is 2.23. The number of hydrogen-bond donors (Lipinski definition) is 2. The first-order chi connectivity index (χ1) is 8.25. The highest BCUT2D eigenvalue weighted by atomic mass is 32.2. The van der Waals surface area contributed by atoms with Crippen LogP contribution in [0.4, 0.5) is 4.39 Å². The Bertz CT molecular complexity index is 594. The van der Waals surface area contributed by atoms with E-state index in [9.17, 15) is 22.7 Å². The molecule has 2 rings (SSSR count). The summed E-state index contributed by atoms with van der Waals surface area (Å²) in [4.78, 5) is 10.4. The molecule has 1 aliphatic rings. The minimum absolute atomic E-state index is 0.269. The molecule has 1 aromatic carbocycles. The van der Waals surface area contributed by atoms with Gasteiger partial charge in [-0.2, -0.15) is 4.31 Å². The number of sulfonamides is 1. The largest absolute Gasteiger partial charge is 0.479 e. The molecular formula is C10H10FNO5S. The first-order valence-corrected chi connectivity index (χ1v) is 6.41. The zero-order valence-corrected chi connectivity index (χ0v) is 9.89. The van der Waals surface area contributed by atoms with Crippen molar-refractivity contribution >= 4 is 16.0 Å². The SMILES string of the molecule is O=C(O)C1(O)CN(S(=O)(=O)c2cccc(F)c2)C1. The van der Waals surface area contributed by atoms with Crippen LogP contribution in [0.2, 0.25) is 0 Å². The highest BCUT2D eigenvalue weighted by Crippen LogP contribution is 2.28. The van der Waals surface area contributed by atoms with Crippen LogP contribution in [-0.4, -0.2) is 47.6 Å². The number of aliphatic hydroxyl groups is 1. The summed E-state index contributed by atoms with van der Waals surface area (Å²) in [6.45, 7) is -1.08. The number of β-amino-alcohol motifs (C(OH)–C–C–N with tert-alkyl or cyclic N) is 1. The third-order valence-corrected chi connectivity index (χ3v) is 4.50. The fourth-order valence-electron chi connectivity index (χ4n) is 1.62. The average molecular weight is 275 g/mol. The quantitative estimate of drug-likeness (QED) is 0.786. The van der Waals surface area contributed by atoms with Gasteiger partial charge in [0.15, 0.2) is 5.60 Å². The van der Waals surface area contributed by atoms with E-state index in [2.05, 4.69) is 0 Å². The number of carboxylic acid groups (broad SMARTS) is 1. The Labute approximate surface area is 102 Å². The number of aliphatic carboxylic acids is 1. The van der Waals surface area contributed by atoms with Gasteiger partial charge in [-0.25, -0.2) is 17.6 Å². The number of carbonyl (C=O) groups is 1. The van der Waals surface area contributed by atoms with Crippen LogP contribution >= 0.6 is 0 Å². The van der Waals surface area contributed by atoms with E-state index in [1.807, 2.05) is 0 Å². The first kappa shape index (κ1) is 12.9. The second kappa shape index (κ2) is 4.01. The van der Waals surface area contributed by atoms with Crippen LogP contribution in [0.5, 0.6) is 0 Å². The Morgan fingerprint density at radius 1 is 1.39 bits per heavy atom. The molecule has 0 aromatic heterocycles. The summed E-state index contributed by atoms with van der Waals surface area (Å²) in [6, 6.07) is 4.39. The van der Waals surface area contributed by atoms with Crippen LogP contribution in [0.15, 0.2) is 29.2 Å². The van der Waals surface area contributed by atoms with E-state index < -0.39 is 40.5 Å². The van der Waals surface area contributed by atoms with Gasteiger partial charge in [0.05, 0.1) is 18.0 Å². The minimum Gasteiger partial charge on any atom is -0.479 e. The van der Waals surface area contributed by atoms with E-state index in [0.717, 1.165) is 16.4 Å². The predicted octanol–water partition coefficient (Wildman–Crippen LogP) is -0.354. The predicted molar refractivity (Wildman–Crippen MR) is 57.7 cm³/mol. The van der Waals surface area contributed by atoms with E-state index in [1.54, 1.807) is 0 Å². The third-order valence-electron chi connectivity index (χ3n) is 2.71. The lowest BCUT2D eigenvalue weighted by atomic mass is 9.98. The molecule has 0 aliphatic carbocycles. The summed E-state index contributed by atoms with van der Waals surface area (Å²) in [5, 5.41) is 18.1. The Hall–Kier alpha value is -1.51. The molecule has 6 nitrogen and oxygen atoms in total. The van der Waals surface area contributed by atoms with Crippen molar-refractivity contribution in [1.82, 2.24) is 4.31 Å². The van der Waals surface area contributed by atoms with Gasteiger partial charge in [-0.1, -0.05) is 6.07 Å². The highest BCUT2D eigenvalue weighted by Gasteiger charge is 2.52. The summed E-state index contributed by atoms with van der Waals surface area (Å²) in [6.07, 6.45) is 0. The van der Waals surface area contributed by atoms with Gasteiger partial charge in [0.25, 0.3) is 0 Å². The molecule has 1 fully saturated rings. The average Bonchev–Trinajstić information content (AvgIpc) is 2.24. The molecule has 1 saturated heterocycles. The normalized spacial score (nSPS) is 19.2. The van der Waals surface area contributed by atoms with E-state index in [4.69, 9.17) is 5.11 Å². The smallest absolute Gasteiger partial charge is 0.338 e. The fraction of sp³-hybridized carbons (Fsp3) is 0.300. The molecule has 0 spiro atoms. The molecule has 8 heteroatoms. The number of nitrogens with zero attached hydrogens (tertiary/aromatic N) is 1. The second-order valence-electron chi connectivity index (χ2n) is 4.07. The number of benzene rings is 1. The Morgan fingerprint density at radius 3 is 2.50 bits per heavy atom. The molecule has 18 heavy (non-hydrogen) atoms. The molecule has 2 N–H and O–H groups in total. The van der Waals surface area contributed by atoms with Crippen molar-refractivity contribution in [2.45, 2.75) is 10.5 Å². The first-order valence-electron chi connectivity index (χ1n) is 4.97. The van der Waals surface area contributed by atoms with E-state index >= 15 is 0 Å². The lowest BCUT2D eigenvalue weighted by molar-refractivity contribution is -0.170. The maximum absolute atomic E-state index is 12.9. The summed E-state index contributed by atoms with van der Waals surface area (Å²) in [5.41, 5.74) is -2.06. The molecule has 0 radical (unpaired) electrons. The van der Waals surface area contributed by atoms with E-state index in [1.165, 1.54) is 12.1 Å². The highest BCUT2D eigenvalue weighted by molar-refractivity contribution is 7.89. The van der Waals surface area contributed by atoms with Gasteiger partial charge in [0.2, 0.25) is 10.0 Å². The fourth-order valence-corrected chi connectivity index (χ4v) is 3.20. The Kier molecular flexibility index (Phi) is 2.88. The molecule has 0 amide bonds. The lowest BCUT2D eigenvalue weighted by Crippen LogP contribution is -2.67. The zero-order valence-electron chi connectivity index (χ0n) is 9.08. The van der Waals surface area contributed by atoms with E-state index in [-0.39, 0.29) is 4.90 Å². The van der Waals surface area contributed by atoms with Crippen molar-refractivity contribution in [2.24, 2.45) is 0 Å². The molecule has 98 valence electrons. The molecule has 0 atom stereocenters. The molecule has 0 bridgehead atoms. The monoisotopic (exact) mass is 275 g/mol. The molecule has 1 aliphatic heterocycles. The van der Waals surface area contributed by atoms with Crippen LogP contribution in [0, 0.1) is 5.82 Å². The van der Waals surface area contributed by atoms with Crippen molar-refractivity contribution < 1.29 is 27.8 Å². The maximum atomic E-state index is 12.9. The molecule has 1 aromatic rings. The van der Waals surface area contributed by atoms with Gasteiger partial charge in [0.1, 0.15) is 5.82 Å². The van der Waals surface area contributed by atoms with Gasteiger partial charge in [-0.3, -0.25) is 0 Å². The van der Waals surface area contributed by atoms with Crippen molar-refractivity contribution in [3.05, 3.63) is 30.1 Å². The standard InChI is InChI=1S/C10H10FNO5S/c11-7-2-1-3-8(4-7)18(16,17)12-5-10(15,6-12)9(13)14/h1-4,15H,5-6H2,(H,13,14). The van der Waals surface area contributed by atoms with Crippen molar-refractivity contribution in [2.75, 3.05) is 13.1 Å². The van der Waals surface area contributed by atoms with Crippen LogP contribution in [0.25, 0.3) is 0 Å². The van der Waals surface area contributed by atoms with Crippen LogP contribution in [0.3, 0.4) is 0 Å². The van der Waals surface area contributed by atoms with Gasteiger partial charge in [-0.05, 0) is 18.2 Å². The number of hydrogen-bond acceptors (Lipinski definition) is 4. The second-order valence-corrected chi connectivity index (χ2v) is 6.01. The Morgan fingerprint density at radius 2 is 2.00 bits per heavy atom. The van der Waals surface area contributed by atoms with Crippen LogP contribution in [0.1, 0.15) is 0 Å².